The molecule has 0 aliphatic carbocycles. The van der Waals surface area contributed by atoms with Gasteiger partial charge in [0, 0.05) is 26.2 Å². The quantitative estimate of drug-likeness (QED) is 0.857. The summed E-state index contributed by atoms with van der Waals surface area (Å²) in [6.45, 7) is 3.74. The van der Waals surface area contributed by atoms with Gasteiger partial charge in [0.25, 0.3) is 0 Å². The molecule has 0 spiro atoms. The van der Waals surface area contributed by atoms with Gasteiger partial charge in [-0.05, 0) is 30.2 Å². The summed E-state index contributed by atoms with van der Waals surface area (Å²) in [5.74, 6) is 0.682. The third-order valence-electron chi connectivity index (χ3n) is 5.23. The highest BCUT2D eigenvalue weighted by atomic mass is 16.5. The van der Waals surface area contributed by atoms with Crippen LogP contribution in [0.4, 0.5) is 0 Å². The number of benzene rings is 2. The number of nitrogens with two attached hydrogens (primary N) is 1. The van der Waals surface area contributed by atoms with Gasteiger partial charge < -0.3 is 20.3 Å². The van der Waals surface area contributed by atoms with Gasteiger partial charge >= 0.3 is 0 Å². The molecule has 1 fully saturated rings. The minimum atomic E-state index is -1.08. The molecule has 2 amide bonds. The zero-order chi connectivity index (χ0) is 20.1. The van der Waals surface area contributed by atoms with Gasteiger partial charge in [-0.25, -0.2) is 0 Å². The molecule has 1 heterocycles. The van der Waals surface area contributed by atoms with Crippen molar-refractivity contribution >= 4 is 11.8 Å². The van der Waals surface area contributed by atoms with Gasteiger partial charge in [0.15, 0.2) is 0 Å². The molecule has 148 valence electrons. The number of carbonyl (C=O) groups excluding carboxylic acids is 2. The van der Waals surface area contributed by atoms with Crippen molar-refractivity contribution < 1.29 is 14.3 Å². The van der Waals surface area contributed by atoms with E-state index < -0.39 is 5.54 Å². The average Bonchev–Trinajstić information content (AvgIpc) is 2.74. The molecular weight excluding hydrogens is 354 g/mol. The molecule has 2 aromatic carbocycles. The van der Waals surface area contributed by atoms with Crippen LogP contribution in [0.15, 0.2) is 54.6 Å². The van der Waals surface area contributed by atoms with E-state index in [0.717, 1.165) is 16.9 Å². The Morgan fingerprint density at radius 3 is 2.29 bits per heavy atom. The van der Waals surface area contributed by atoms with E-state index in [1.165, 1.54) is 0 Å². The highest BCUT2D eigenvalue weighted by molar-refractivity contribution is 5.87. The van der Waals surface area contributed by atoms with Crippen LogP contribution in [0.2, 0.25) is 0 Å². The van der Waals surface area contributed by atoms with Gasteiger partial charge in [-0.2, -0.15) is 0 Å². The van der Waals surface area contributed by atoms with E-state index >= 15 is 0 Å². The van der Waals surface area contributed by atoms with Gasteiger partial charge in [0.1, 0.15) is 11.3 Å². The number of nitrogens with zero attached hydrogens (tertiary/aromatic N) is 2. The molecule has 1 saturated heterocycles. The number of carbonyl (C=O) groups is 2. The van der Waals surface area contributed by atoms with Crippen molar-refractivity contribution in [1.29, 1.82) is 0 Å². The average molecular weight is 381 g/mol. The first-order valence-electron chi connectivity index (χ1n) is 9.46. The van der Waals surface area contributed by atoms with Crippen LogP contribution in [0.1, 0.15) is 18.1 Å². The van der Waals surface area contributed by atoms with Gasteiger partial charge in [-0.15, -0.1) is 0 Å². The molecule has 1 aliphatic heterocycles. The predicted molar refractivity (Wildman–Crippen MR) is 108 cm³/mol. The zero-order valence-electron chi connectivity index (χ0n) is 16.4. The Labute approximate surface area is 165 Å². The lowest BCUT2D eigenvalue weighted by molar-refractivity contribution is -0.142. The fraction of sp³-hybridized carbons (Fsp3) is 0.364. The van der Waals surface area contributed by atoms with E-state index in [9.17, 15) is 9.59 Å². The molecule has 6 heteroatoms. The number of hydrogen-bond donors (Lipinski definition) is 1. The molecule has 1 aliphatic rings. The first-order chi connectivity index (χ1) is 13.4. The molecule has 0 aromatic heterocycles. The molecule has 1 unspecified atom stereocenters. The second-order valence-corrected chi connectivity index (χ2v) is 7.27. The number of piperazine rings is 1. The number of methoxy groups -OCH3 is 1. The lowest BCUT2D eigenvalue weighted by Gasteiger charge is -2.38. The fourth-order valence-electron chi connectivity index (χ4n) is 3.46. The van der Waals surface area contributed by atoms with Crippen LogP contribution >= 0.6 is 0 Å². The summed E-state index contributed by atoms with van der Waals surface area (Å²) < 4.78 is 5.21. The largest absolute Gasteiger partial charge is 0.497 e. The summed E-state index contributed by atoms with van der Waals surface area (Å²) in [4.78, 5) is 29.1. The monoisotopic (exact) mass is 381 g/mol. The van der Waals surface area contributed by atoms with E-state index in [-0.39, 0.29) is 11.8 Å². The second-order valence-electron chi connectivity index (χ2n) is 7.27. The Hall–Kier alpha value is -2.86. The van der Waals surface area contributed by atoms with Crippen LogP contribution in [0.5, 0.6) is 5.75 Å². The van der Waals surface area contributed by atoms with Gasteiger partial charge in [0.2, 0.25) is 11.8 Å². The lowest BCUT2D eigenvalue weighted by atomic mass is 9.91. The number of amides is 2. The second kappa shape index (κ2) is 8.44. The normalized spacial score (nSPS) is 16.4. The number of hydrogen-bond acceptors (Lipinski definition) is 4. The number of rotatable bonds is 5. The summed E-state index contributed by atoms with van der Waals surface area (Å²) in [5, 5.41) is 0. The Kier molecular flexibility index (Phi) is 5.99. The molecule has 1 atom stereocenters. The molecule has 28 heavy (non-hydrogen) atoms. The first-order valence-corrected chi connectivity index (χ1v) is 9.46. The summed E-state index contributed by atoms with van der Waals surface area (Å²) in [6, 6.07) is 16.9. The van der Waals surface area contributed by atoms with Crippen molar-refractivity contribution in [2.45, 2.75) is 18.9 Å². The van der Waals surface area contributed by atoms with Crippen LogP contribution in [-0.4, -0.2) is 54.9 Å². The Morgan fingerprint density at radius 2 is 1.64 bits per heavy atom. The lowest BCUT2D eigenvalue weighted by Crippen LogP contribution is -2.57. The summed E-state index contributed by atoms with van der Waals surface area (Å²) in [5.41, 5.74) is 6.98. The van der Waals surface area contributed by atoms with Crippen molar-refractivity contribution in [3.05, 3.63) is 65.7 Å². The summed E-state index contributed by atoms with van der Waals surface area (Å²) in [6.07, 6.45) is 0.323. The van der Waals surface area contributed by atoms with Gasteiger partial charge in [-0.1, -0.05) is 42.5 Å². The first kappa shape index (κ1) is 19.9. The Bertz CT molecular complexity index is 828. The Morgan fingerprint density at radius 1 is 1.00 bits per heavy atom. The van der Waals surface area contributed by atoms with Crippen molar-refractivity contribution in [2.24, 2.45) is 5.73 Å². The van der Waals surface area contributed by atoms with Crippen LogP contribution < -0.4 is 10.5 Å². The van der Waals surface area contributed by atoms with E-state index in [0.29, 0.717) is 32.6 Å². The summed E-state index contributed by atoms with van der Waals surface area (Å²) in [7, 11) is 1.61. The SMILES string of the molecule is COc1cccc(CC(=O)N2CCN(C(=O)C(C)(N)c3ccccc3)CC2)c1. The molecule has 0 bridgehead atoms. The summed E-state index contributed by atoms with van der Waals surface area (Å²) >= 11 is 0. The molecule has 3 rings (SSSR count). The maximum atomic E-state index is 12.9. The predicted octanol–water partition coefficient (Wildman–Crippen LogP) is 1.78. The fourth-order valence-corrected chi connectivity index (χ4v) is 3.46. The third kappa shape index (κ3) is 4.34. The van der Waals surface area contributed by atoms with E-state index in [2.05, 4.69) is 0 Å². The molecular formula is C22H27N3O3. The van der Waals surface area contributed by atoms with Crippen LogP contribution in [0.25, 0.3) is 0 Å². The van der Waals surface area contributed by atoms with Crippen molar-refractivity contribution in [1.82, 2.24) is 9.80 Å². The van der Waals surface area contributed by atoms with E-state index in [1.54, 1.807) is 23.8 Å². The maximum absolute atomic E-state index is 12.9. The molecule has 2 aromatic rings. The van der Waals surface area contributed by atoms with Gasteiger partial charge in [-0.3, -0.25) is 9.59 Å². The van der Waals surface area contributed by atoms with E-state index in [1.807, 2.05) is 54.6 Å². The van der Waals surface area contributed by atoms with Gasteiger partial charge in [0.05, 0.1) is 13.5 Å². The molecule has 6 nitrogen and oxygen atoms in total. The minimum Gasteiger partial charge on any atom is -0.497 e. The van der Waals surface area contributed by atoms with Crippen molar-refractivity contribution in [3.63, 3.8) is 0 Å². The topological polar surface area (TPSA) is 75.9 Å². The van der Waals surface area contributed by atoms with Crippen molar-refractivity contribution in [2.75, 3.05) is 33.3 Å². The van der Waals surface area contributed by atoms with Crippen LogP contribution in [0, 0.1) is 0 Å². The smallest absolute Gasteiger partial charge is 0.247 e. The molecule has 2 N–H and O–H groups in total. The van der Waals surface area contributed by atoms with Crippen LogP contribution in [0.3, 0.4) is 0 Å². The van der Waals surface area contributed by atoms with Crippen molar-refractivity contribution in [3.8, 4) is 5.75 Å². The van der Waals surface area contributed by atoms with E-state index in [4.69, 9.17) is 10.5 Å². The van der Waals surface area contributed by atoms with Crippen LogP contribution in [-0.2, 0) is 21.5 Å². The highest BCUT2D eigenvalue weighted by Gasteiger charge is 2.36. The minimum absolute atomic E-state index is 0.0546. The zero-order valence-corrected chi connectivity index (χ0v) is 16.4. The number of ether oxygens (including phenoxy) is 1. The molecule has 0 saturated carbocycles. The maximum Gasteiger partial charge on any atom is 0.247 e. The standard InChI is InChI=1S/C22H27N3O3/c1-22(23,18-8-4-3-5-9-18)21(27)25-13-11-24(12-14-25)20(26)16-17-7-6-10-19(15-17)28-2/h3-10,15H,11-14,16,23H2,1-2H3. The highest BCUT2D eigenvalue weighted by Crippen LogP contribution is 2.21. The molecule has 0 radical (unpaired) electrons. The third-order valence-corrected chi connectivity index (χ3v) is 5.23. The Balaban J connectivity index is 1.57.